The first kappa shape index (κ1) is 22.6. The van der Waals surface area contributed by atoms with E-state index in [4.69, 9.17) is 5.11 Å². The third kappa shape index (κ3) is 4.92. The third-order valence-corrected chi connectivity index (χ3v) is 5.99. The van der Waals surface area contributed by atoms with Crippen molar-refractivity contribution < 1.29 is 28.3 Å². The number of carboxylic acids is 1. The molecule has 2 heterocycles. The molecule has 0 fully saturated rings. The summed E-state index contributed by atoms with van der Waals surface area (Å²) >= 11 is 0. The molecule has 0 spiro atoms. The number of carbonyl (C=O) groups excluding carboxylic acids is 2. The van der Waals surface area contributed by atoms with Gasteiger partial charge in [-0.15, -0.1) is 0 Å². The van der Waals surface area contributed by atoms with Crippen molar-refractivity contribution in [1.29, 1.82) is 0 Å². The number of anilines is 1. The van der Waals surface area contributed by atoms with Gasteiger partial charge in [0.05, 0.1) is 17.2 Å². The van der Waals surface area contributed by atoms with E-state index in [1.807, 2.05) is 0 Å². The number of alkyl halides is 1. The topological polar surface area (TPSA) is 99.6 Å². The van der Waals surface area contributed by atoms with Gasteiger partial charge in [-0.1, -0.05) is 18.2 Å². The Balaban J connectivity index is 1.45. The van der Waals surface area contributed by atoms with Crippen LogP contribution in [0.3, 0.4) is 0 Å². The SMILES string of the molecule is O=C(CCC1C2=C(C(=O)N1CC1C=CC(F)=CC1)C(F)CC=C2)Nc1ccc(C(=O)O)cn1. The summed E-state index contributed by atoms with van der Waals surface area (Å²) in [5.74, 6) is -2.04. The minimum Gasteiger partial charge on any atom is -0.478 e. The van der Waals surface area contributed by atoms with E-state index in [9.17, 15) is 23.2 Å². The molecule has 1 aromatic heterocycles. The van der Waals surface area contributed by atoms with Crippen molar-refractivity contribution in [3.8, 4) is 0 Å². The second kappa shape index (κ2) is 9.48. The highest BCUT2D eigenvalue weighted by atomic mass is 19.1. The van der Waals surface area contributed by atoms with Crippen molar-refractivity contribution in [3.63, 3.8) is 0 Å². The number of hydrogen-bond acceptors (Lipinski definition) is 4. The van der Waals surface area contributed by atoms with E-state index in [2.05, 4.69) is 10.3 Å². The van der Waals surface area contributed by atoms with Crippen LogP contribution in [0, 0.1) is 5.92 Å². The summed E-state index contributed by atoms with van der Waals surface area (Å²) in [6.07, 6.45) is 8.66. The number of allylic oxidation sites excluding steroid dienone is 4. The van der Waals surface area contributed by atoms with Gasteiger partial charge in [0.25, 0.3) is 5.91 Å². The standard InChI is InChI=1S/C24H23F2N3O4/c25-16-7-4-14(5-8-16)13-29-19(17-2-1-3-18(26)22(17)23(29)31)9-11-21(30)28-20-10-6-15(12-27-20)24(32)33/h1-2,4,6-8,10,12,14,18-19H,3,5,9,11,13H2,(H,32,33)(H,27,28,30). The molecule has 1 aliphatic heterocycles. The molecule has 3 aliphatic rings. The molecule has 0 aromatic carbocycles. The summed E-state index contributed by atoms with van der Waals surface area (Å²) in [7, 11) is 0. The van der Waals surface area contributed by atoms with Crippen LogP contribution in [0.25, 0.3) is 0 Å². The fraction of sp³-hybridized carbons (Fsp3) is 0.333. The summed E-state index contributed by atoms with van der Waals surface area (Å²) in [6, 6.07) is 2.27. The van der Waals surface area contributed by atoms with E-state index in [-0.39, 0.29) is 59.8 Å². The molecule has 1 aromatic rings. The number of nitrogens with zero attached hydrogens (tertiary/aromatic N) is 2. The van der Waals surface area contributed by atoms with Crippen molar-refractivity contribution in [3.05, 3.63) is 71.2 Å². The van der Waals surface area contributed by atoms with Crippen LogP contribution in [-0.4, -0.2) is 51.5 Å². The molecule has 2 amide bonds. The highest BCUT2D eigenvalue weighted by Gasteiger charge is 2.42. The van der Waals surface area contributed by atoms with Gasteiger partial charge >= 0.3 is 5.97 Å². The van der Waals surface area contributed by atoms with Gasteiger partial charge in [-0.25, -0.2) is 18.6 Å². The normalized spacial score (nSPS) is 24.1. The minimum atomic E-state index is -1.38. The zero-order valence-electron chi connectivity index (χ0n) is 17.7. The molecule has 4 rings (SSSR count). The average Bonchev–Trinajstić information content (AvgIpc) is 3.06. The smallest absolute Gasteiger partial charge is 0.337 e. The molecule has 2 aliphatic carbocycles. The first-order valence-electron chi connectivity index (χ1n) is 10.7. The lowest BCUT2D eigenvalue weighted by atomic mass is 9.92. The average molecular weight is 455 g/mol. The Morgan fingerprint density at radius 3 is 2.73 bits per heavy atom. The molecule has 0 radical (unpaired) electrons. The lowest BCUT2D eigenvalue weighted by Crippen LogP contribution is -2.40. The maximum Gasteiger partial charge on any atom is 0.337 e. The van der Waals surface area contributed by atoms with Crippen LogP contribution < -0.4 is 5.32 Å². The number of halogens is 2. The molecule has 0 saturated heterocycles. The summed E-state index contributed by atoms with van der Waals surface area (Å²) in [4.78, 5) is 42.0. The number of pyridine rings is 1. The van der Waals surface area contributed by atoms with Crippen LogP contribution in [0.4, 0.5) is 14.6 Å². The molecule has 7 nitrogen and oxygen atoms in total. The molecule has 33 heavy (non-hydrogen) atoms. The number of carbonyl (C=O) groups is 3. The first-order valence-corrected chi connectivity index (χ1v) is 10.7. The molecule has 9 heteroatoms. The Bertz CT molecular complexity index is 1090. The van der Waals surface area contributed by atoms with E-state index in [1.165, 1.54) is 24.3 Å². The molecule has 3 unspecified atom stereocenters. The van der Waals surface area contributed by atoms with Crippen LogP contribution in [0.1, 0.15) is 36.0 Å². The van der Waals surface area contributed by atoms with Crippen LogP contribution in [0.15, 0.2) is 65.7 Å². The van der Waals surface area contributed by atoms with E-state index in [0.29, 0.717) is 18.5 Å². The number of nitrogens with one attached hydrogen (secondary N) is 1. The van der Waals surface area contributed by atoms with Gasteiger partial charge in [0.15, 0.2) is 0 Å². The molecule has 0 saturated carbocycles. The van der Waals surface area contributed by atoms with Gasteiger partial charge < -0.3 is 15.3 Å². The molecular weight excluding hydrogens is 432 g/mol. The van der Waals surface area contributed by atoms with E-state index >= 15 is 0 Å². The fourth-order valence-corrected chi connectivity index (χ4v) is 4.33. The Morgan fingerprint density at radius 2 is 2.06 bits per heavy atom. The number of carboxylic acid groups (broad SMARTS) is 1. The van der Waals surface area contributed by atoms with Crippen molar-refractivity contribution >= 4 is 23.6 Å². The highest BCUT2D eigenvalue weighted by Crippen LogP contribution is 2.37. The van der Waals surface area contributed by atoms with Crippen molar-refractivity contribution in [2.24, 2.45) is 5.92 Å². The van der Waals surface area contributed by atoms with Crippen LogP contribution in [0.5, 0.6) is 0 Å². The van der Waals surface area contributed by atoms with Crippen molar-refractivity contribution in [2.45, 2.75) is 37.9 Å². The van der Waals surface area contributed by atoms with Gasteiger partial charge in [-0.3, -0.25) is 9.59 Å². The van der Waals surface area contributed by atoms with Gasteiger partial charge in [0.1, 0.15) is 17.8 Å². The van der Waals surface area contributed by atoms with Gasteiger partial charge in [0.2, 0.25) is 5.91 Å². The summed E-state index contributed by atoms with van der Waals surface area (Å²) in [6.45, 7) is 0.303. The largest absolute Gasteiger partial charge is 0.478 e. The maximum atomic E-state index is 14.6. The van der Waals surface area contributed by atoms with Crippen molar-refractivity contribution in [1.82, 2.24) is 9.88 Å². The molecule has 172 valence electrons. The highest BCUT2D eigenvalue weighted by molar-refractivity contribution is 6.00. The van der Waals surface area contributed by atoms with E-state index in [1.54, 1.807) is 23.1 Å². The Hall–Kier alpha value is -3.62. The number of rotatable bonds is 7. The third-order valence-electron chi connectivity index (χ3n) is 5.99. The van der Waals surface area contributed by atoms with Crippen LogP contribution in [0.2, 0.25) is 0 Å². The summed E-state index contributed by atoms with van der Waals surface area (Å²) < 4.78 is 27.9. The zero-order chi connectivity index (χ0) is 23.5. The second-order valence-corrected chi connectivity index (χ2v) is 8.22. The molecule has 3 atom stereocenters. The van der Waals surface area contributed by atoms with E-state index in [0.717, 1.165) is 6.20 Å². The molecule has 2 N–H and O–H groups in total. The van der Waals surface area contributed by atoms with Gasteiger partial charge in [-0.05, 0) is 48.6 Å². The predicted molar refractivity (Wildman–Crippen MR) is 117 cm³/mol. The number of hydrogen-bond donors (Lipinski definition) is 2. The van der Waals surface area contributed by atoms with E-state index < -0.39 is 18.2 Å². The number of aromatic carboxylic acids is 1. The minimum absolute atomic E-state index is 0.00364. The van der Waals surface area contributed by atoms with Crippen LogP contribution in [-0.2, 0) is 9.59 Å². The number of aromatic nitrogens is 1. The van der Waals surface area contributed by atoms with Crippen molar-refractivity contribution in [2.75, 3.05) is 11.9 Å². The van der Waals surface area contributed by atoms with Crippen LogP contribution >= 0.6 is 0 Å². The summed E-state index contributed by atoms with van der Waals surface area (Å²) in [5.41, 5.74) is 0.747. The lowest BCUT2D eigenvalue weighted by Gasteiger charge is -2.29. The maximum absolute atomic E-state index is 14.6. The Kier molecular flexibility index (Phi) is 6.48. The lowest BCUT2D eigenvalue weighted by molar-refractivity contribution is -0.128. The molecule has 0 bridgehead atoms. The van der Waals surface area contributed by atoms with Gasteiger partial charge in [0, 0.05) is 25.6 Å². The Morgan fingerprint density at radius 1 is 1.24 bits per heavy atom. The first-order chi connectivity index (χ1) is 15.8. The predicted octanol–water partition coefficient (Wildman–Crippen LogP) is 3.73. The zero-order valence-corrected chi connectivity index (χ0v) is 17.7. The monoisotopic (exact) mass is 455 g/mol. The second-order valence-electron chi connectivity index (χ2n) is 8.22. The fourth-order valence-electron chi connectivity index (χ4n) is 4.33. The quantitative estimate of drug-likeness (QED) is 0.653. The molecular formula is C24H23F2N3O4. The van der Waals surface area contributed by atoms with Gasteiger partial charge in [-0.2, -0.15) is 0 Å². The summed E-state index contributed by atoms with van der Waals surface area (Å²) in [5, 5.41) is 11.5. The Labute approximate surface area is 189 Å². The number of amides is 2.